The molecule has 1 heterocycles. The van der Waals surface area contributed by atoms with E-state index >= 15 is 0 Å². The largest absolute Gasteiger partial charge is 0.308 e. The monoisotopic (exact) mass is 243 g/mol. The van der Waals surface area contributed by atoms with Gasteiger partial charge in [0.1, 0.15) is 0 Å². The summed E-state index contributed by atoms with van der Waals surface area (Å²) in [6.07, 6.45) is 0.881. The minimum absolute atomic E-state index is 0.482. The predicted octanol–water partition coefficient (Wildman–Crippen LogP) is 2.77. The van der Waals surface area contributed by atoms with Crippen molar-refractivity contribution in [2.45, 2.75) is 46.7 Å². The van der Waals surface area contributed by atoms with Crippen molar-refractivity contribution in [2.75, 3.05) is 0 Å². The van der Waals surface area contributed by atoms with Crippen LogP contribution >= 0.6 is 11.6 Å². The fourth-order valence-corrected chi connectivity index (χ4v) is 1.87. The molecule has 1 unspecified atom stereocenters. The second kappa shape index (κ2) is 5.69. The fraction of sp³-hybridized carbons (Fsp3) is 0.750. The van der Waals surface area contributed by atoms with Crippen LogP contribution in [0.5, 0.6) is 0 Å². The number of nitrogens with one attached hydrogen (secondary N) is 1. The van der Waals surface area contributed by atoms with E-state index in [-0.39, 0.29) is 0 Å². The van der Waals surface area contributed by atoms with E-state index in [0.717, 1.165) is 29.4 Å². The van der Waals surface area contributed by atoms with E-state index in [1.165, 1.54) is 0 Å². The summed E-state index contributed by atoms with van der Waals surface area (Å²) in [5, 5.41) is 8.68. The minimum atomic E-state index is 0.482. The maximum Gasteiger partial charge on any atom is 0.0863 e. The second-order valence-electron chi connectivity index (χ2n) is 4.60. The Balaban J connectivity index is 2.70. The average molecular weight is 244 g/mol. The number of halogens is 1. The maximum absolute atomic E-state index is 6.27. The molecule has 0 spiro atoms. The molecule has 1 N–H and O–H groups in total. The zero-order valence-electron chi connectivity index (χ0n) is 10.8. The number of rotatable bonds is 5. The van der Waals surface area contributed by atoms with E-state index in [1.54, 1.807) is 0 Å². The third-order valence-electron chi connectivity index (χ3n) is 3.09. The van der Waals surface area contributed by atoms with Gasteiger partial charge in [-0.25, -0.2) is 0 Å². The van der Waals surface area contributed by atoms with Crippen molar-refractivity contribution in [3.63, 3.8) is 0 Å². The van der Waals surface area contributed by atoms with Gasteiger partial charge in [0.05, 0.1) is 16.4 Å². The van der Waals surface area contributed by atoms with Crippen LogP contribution in [0.2, 0.25) is 5.02 Å². The molecule has 1 atom stereocenters. The maximum atomic E-state index is 6.27. The van der Waals surface area contributed by atoms with E-state index in [2.05, 4.69) is 38.1 Å². The van der Waals surface area contributed by atoms with Gasteiger partial charge in [-0.15, -0.1) is 0 Å². The number of aromatic nitrogens is 2. The summed E-state index contributed by atoms with van der Waals surface area (Å²) in [5.41, 5.74) is 2.06. The summed E-state index contributed by atoms with van der Waals surface area (Å²) in [6.45, 7) is 9.46. The van der Waals surface area contributed by atoms with Crippen molar-refractivity contribution in [1.29, 1.82) is 0 Å². The molecule has 0 aliphatic carbocycles. The van der Waals surface area contributed by atoms with Crippen LogP contribution in [0.3, 0.4) is 0 Å². The van der Waals surface area contributed by atoms with Crippen molar-refractivity contribution in [1.82, 2.24) is 15.1 Å². The third-order valence-corrected chi connectivity index (χ3v) is 3.53. The zero-order chi connectivity index (χ0) is 12.3. The molecule has 1 aromatic heterocycles. The Morgan fingerprint density at radius 3 is 2.44 bits per heavy atom. The highest BCUT2D eigenvalue weighted by Gasteiger charge is 2.14. The lowest BCUT2D eigenvalue weighted by Gasteiger charge is -2.17. The Morgan fingerprint density at radius 2 is 2.00 bits per heavy atom. The highest BCUT2D eigenvalue weighted by molar-refractivity contribution is 6.31. The number of hydrogen-bond donors (Lipinski definition) is 1. The molecule has 1 rings (SSSR count). The molecule has 0 bridgehead atoms. The number of aryl methyl sites for hydroxylation is 2. The molecule has 3 nitrogen and oxygen atoms in total. The van der Waals surface area contributed by atoms with Crippen molar-refractivity contribution >= 4 is 11.6 Å². The molecule has 0 aliphatic rings. The van der Waals surface area contributed by atoms with Crippen LogP contribution in [0.25, 0.3) is 0 Å². The summed E-state index contributed by atoms with van der Waals surface area (Å²) in [5.74, 6) is 0.623. The Labute approximate surface area is 103 Å². The highest BCUT2D eigenvalue weighted by Crippen LogP contribution is 2.20. The average Bonchev–Trinajstić information content (AvgIpc) is 2.51. The Kier molecular flexibility index (Phi) is 4.81. The van der Waals surface area contributed by atoms with Crippen LogP contribution in [0.1, 0.15) is 39.1 Å². The zero-order valence-corrected chi connectivity index (χ0v) is 11.6. The van der Waals surface area contributed by atoms with E-state index in [4.69, 9.17) is 11.6 Å². The van der Waals surface area contributed by atoms with Gasteiger partial charge >= 0.3 is 0 Å². The van der Waals surface area contributed by atoms with Crippen LogP contribution in [0, 0.1) is 5.92 Å². The first kappa shape index (κ1) is 13.5. The molecule has 0 aromatic carbocycles. The summed E-state index contributed by atoms with van der Waals surface area (Å²) in [4.78, 5) is 0. The van der Waals surface area contributed by atoms with E-state index < -0.39 is 0 Å². The molecule has 0 radical (unpaired) electrons. The van der Waals surface area contributed by atoms with E-state index in [0.29, 0.717) is 12.0 Å². The van der Waals surface area contributed by atoms with Gasteiger partial charge in [0.2, 0.25) is 0 Å². The molecule has 92 valence electrons. The van der Waals surface area contributed by atoms with Crippen molar-refractivity contribution in [3.05, 3.63) is 16.4 Å². The third kappa shape index (κ3) is 2.98. The lowest BCUT2D eigenvalue weighted by atomic mass is 10.1. The standard InChI is InChI=1S/C12H22ClN3/c1-6-10-12(13)11(16(5)15-10)7-14-9(4)8(2)3/h8-9,14H,6-7H2,1-5H3. The Morgan fingerprint density at radius 1 is 1.38 bits per heavy atom. The molecule has 0 aliphatic heterocycles. The molecular formula is C12H22ClN3. The van der Waals surface area contributed by atoms with Gasteiger partial charge in [-0.05, 0) is 19.3 Å². The van der Waals surface area contributed by atoms with Gasteiger partial charge in [-0.2, -0.15) is 5.10 Å². The van der Waals surface area contributed by atoms with Crippen LogP contribution < -0.4 is 5.32 Å². The SMILES string of the molecule is CCc1nn(C)c(CNC(C)C(C)C)c1Cl. The topological polar surface area (TPSA) is 29.9 Å². The summed E-state index contributed by atoms with van der Waals surface area (Å²) in [7, 11) is 1.95. The summed E-state index contributed by atoms with van der Waals surface area (Å²) in [6, 6.07) is 0.482. The quantitative estimate of drug-likeness (QED) is 0.862. The number of nitrogens with zero attached hydrogens (tertiary/aromatic N) is 2. The molecule has 0 saturated carbocycles. The molecule has 0 saturated heterocycles. The van der Waals surface area contributed by atoms with Gasteiger partial charge in [0.15, 0.2) is 0 Å². The molecule has 16 heavy (non-hydrogen) atoms. The number of hydrogen-bond acceptors (Lipinski definition) is 2. The summed E-state index contributed by atoms with van der Waals surface area (Å²) < 4.78 is 1.88. The van der Waals surface area contributed by atoms with Crippen molar-refractivity contribution in [2.24, 2.45) is 13.0 Å². The molecule has 4 heteroatoms. The van der Waals surface area contributed by atoms with Crippen LogP contribution in [-0.4, -0.2) is 15.8 Å². The predicted molar refractivity (Wildman–Crippen MR) is 68.7 cm³/mol. The molecular weight excluding hydrogens is 222 g/mol. The van der Waals surface area contributed by atoms with Crippen LogP contribution in [0.15, 0.2) is 0 Å². The second-order valence-corrected chi connectivity index (χ2v) is 4.98. The van der Waals surface area contributed by atoms with E-state index in [9.17, 15) is 0 Å². The van der Waals surface area contributed by atoms with Crippen LogP contribution in [0.4, 0.5) is 0 Å². The van der Waals surface area contributed by atoms with Crippen LogP contribution in [-0.2, 0) is 20.0 Å². The first-order valence-corrected chi connectivity index (χ1v) is 6.28. The normalized spacial score (nSPS) is 13.4. The fourth-order valence-electron chi connectivity index (χ4n) is 1.51. The van der Waals surface area contributed by atoms with Gasteiger partial charge in [-0.1, -0.05) is 32.4 Å². The molecule has 0 amide bonds. The van der Waals surface area contributed by atoms with Gasteiger partial charge in [0.25, 0.3) is 0 Å². The lowest BCUT2D eigenvalue weighted by molar-refractivity contribution is 0.419. The molecule has 0 fully saturated rings. The molecule has 1 aromatic rings. The van der Waals surface area contributed by atoms with Crippen molar-refractivity contribution in [3.8, 4) is 0 Å². The summed E-state index contributed by atoms with van der Waals surface area (Å²) >= 11 is 6.27. The first-order valence-electron chi connectivity index (χ1n) is 5.91. The highest BCUT2D eigenvalue weighted by atomic mass is 35.5. The lowest BCUT2D eigenvalue weighted by Crippen LogP contribution is -2.30. The van der Waals surface area contributed by atoms with E-state index in [1.807, 2.05) is 11.7 Å². The van der Waals surface area contributed by atoms with Gasteiger partial charge < -0.3 is 5.32 Å². The Bertz CT molecular complexity index is 344. The smallest absolute Gasteiger partial charge is 0.0863 e. The van der Waals surface area contributed by atoms with Crippen molar-refractivity contribution < 1.29 is 0 Å². The Hall–Kier alpha value is -0.540. The van der Waals surface area contributed by atoms with Gasteiger partial charge in [-0.3, -0.25) is 4.68 Å². The van der Waals surface area contributed by atoms with Gasteiger partial charge in [0, 0.05) is 19.6 Å². The first-order chi connectivity index (χ1) is 7.47. The minimum Gasteiger partial charge on any atom is -0.308 e.